The maximum absolute atomic E-state index is 13.2. The normalized spacial score (nSPS) is 11.7. The highest BCUT2D eigenvalue weighted by atomic mass is 32.1. The molecule has 0 atom stereocenters. The number of nitrogens with one attached hydrogen (secondary N) is 2. The number of hydrogen-bond donors (Lipinski definition) is 2. The molecule has 1 amide bonds. The molecule has 8 nitrogen and oxygen atoms in total. The summed E-state index contributed by atoms with van der Waals surface area (Å²) in [6, 6.07) is 11.1. The highest BCUT2D eigenvalue weighted by Crippen LogP contribution is 2.24. The molecule has 152 valence electrons. The molecular formula is C21H20N6O2S. The number of hydrazone groups is 1. The van der Waals surface area contributed by atoms with Gasteiger partial charge in [-0.05, 0) is 37.6 Å². The Bertz CT molecular complexity index is 1250. The van der Waals surface area contributed by atoms with Gasteiger partial charge in [-0.1, -0.05) is 36.8 Å². The Morgan fingerprint density at radius 3 is 2.83 bits per heavy atom. The smallest absolute Gasteiger partial charge is 0.282 e. The number of thiazole rings is 1. The lowest BCUT2D eigenvalue weighted by Crippen LogP contribution is -2.23. The first-order chi connectivity index (χ1) is 14.6. The first-order valence-electron chi connectivity index (χ1n) is 9.53. The summed E-state index contributed by atoms with van der Waals surface area (Å²) in [6.45, 7) is 3.74. The maximum Gasteiger partial charge on any atom is 0.282 e. The number of carbonyl (C=O) groups is 1. The van der Waals surface area contributed by atoms with E-state index in [9.17, 15) is 9.59 Å². The number of H-pyrrole nitrogens is 1. The number of rotatable bonds is 6. The van der Waals surface area contributed by atoms with Crippen LogP contribution in [0.3, 0.4) is 0 Å². The Morgan fingerprint density at radius 2 is 2.10 bits per heavy atom. The second-order valence-corrected chi connectivity index (χ2v) is 7.71. The van der Waals surface area contributed by atoms with Crippen molar-refractivity contribution in [3.8, 4) is 5.13 Å². The van der Waals surface area contributed by atoms with Gasteiger partial charge in [-0.3, -0.25) is 19.7 Å². The molecule has 0 fully saturated rings. The number of pyridine rings is 1. The fourth-order valence-corrected chi connectivity index (χ4v) is 4.05. The van der Waals surface area contributed by atoms with Crippen LogP contribution >= 0.6 is 11.3 Å². The lowest BCUT2D eigenvalue weighted by molar-refractivity contribution is 0.0954. The number of hydrogen-bond acceptors (Lipinski definition) is 6. The predicted molar refractivity (Wildman–Crippen MR) is 117 cm³/mol. The van der Waals surface area contributed by atoms with Gasteiger partial charge in [0.25, 0.3) is 11.5 Å². The van der Waals surface area contributed by atoms with Crippen LogP contribution in [0.5, 0.6) is 0 Å². The number of para-hydroxylation sites is 1. The number of aromatic amines is 1. The van der Waals surface area contributed by atoms with Crippen molar-refractivity contribution in [1.29, 1.82) is 0 Å². The monoisotopic (exact) mass is 420 g/mol. The highest BCUT2D eigenvalue weighted by Gasteiger charge is 2.19. The molecule has 2 N–H and O–H groups in total. The molecule has 0 radical (unpaired) electrons. The van der Waals surface area contributed by atoms with E-state index >= 15 is 0 Å². The molecule has 1 aromatic carbocycles. The zero-order valence-electron chi connectivity index (χ0n) is 16.5. The number of amides is 1. The van der Waals surface area contributed by atoms with Crippen molar-refractivity contribution in [2.24, 2.45) is 5.10 Å². The molecule has 0 saturated heterocycles. The lowest BCUT2D eigenvalue weighted by atomic mass is 10.1. The van der Waals surface area contributed by atoms with Crippen LogP contribution in [-0.2, 0) is 6.42 Å². The van der Waals surface area contributed by atoms with E-state index < -0.39 is 0 Å². The van der Waals surface area contributed by atoms with Crippen molar-refractivity contribution in [1.82, 2.24) is 25.2 Å². The van der Waals surface area contributed by atoms with E-state index in [0.29, 0.717) is 28.4 Å². The summed E-state index contributed by atoms with van der Waals surface area (Å²) in [5.41, 5.74) is 5.13. The first-order valence-corrected chi connectivity index (χ1v) is 10.3. The summed E-state index contributed by atoms with van der Waals surface area (Å²) in [7, 11) is 0. The molecule has 3 aromatic heterocycles. The van der Waals surface area contributed by atoms with Gasteiger partial charge in [0.05, 0.1) is 27.1 Å². The Labute approximate surface area is 176 Å². The van der Waals surface area contributed by atoms with Crippen LogP contribution in [-0.4, -0.2) is 31.4 Å². The molecule has 0 aliphatic heterocycles. The first kappa shape index (κ1) is 19.7. The Kier molecular flexibility index (Phi) is 5.53. The van der Waals surface area contributed by atoms with Crippen molar-refractivity contribution in [2.75, 3.05) is 0 Å². The van der Waals surface area contributed by atoms with Gasteiger partial charge in [0.1, 0.15) is 0 Å². The molecule has 3 heterocycles. The van der Waals surface area contributed by atoms with Gasteiger partial charge in [0, 0.05) is 18.1 Å². The van der Waals surface area contributed by atoms with Crippen LogP contribution in [0.2, 0.25) is 0 Å². The zero-order chi connectivity index (χ0) is 21.1. The summed E-state index contributed by atoms with van der Waals surface area (Å²) < 4.78 is 2.45. The molecule has 4 aromatic rings. The minimum atomic E-state index is -0.387. The molecule has 9 heteroatoms. The highest BCUT2D eigenvalue weighted by molar-refractivity contribution is 7.20. The van der Waals surface area contributed by atoms with Crippen LogP contribution in [0.25, 0.3) is 15.3 Å². The van der Waals surface area contributed by atoms with Crippen LogP contribution in [0.4, 0.5) is 0 Å². The topological polar surface area (TPSA) is 105 Å². The lowest BCUT2D eigenvalue weighted by Gasteiger charge is -2.02. The van der Waals surface area contributed by atoms with Crippen molar-refractivity contribution in [3.05, 3.63) is 76.0 Å². The van der Waals surface area contributed by atoms with Gasteiger partial charge in [0.15, 0.2) is 0 Å². The minimum absolute atomic E-state index is 0.241. The van der Waals surface area contributed by atoms with Gasteiger partial charge in [-0.15, -0.1) is 0 Å². The third-order valence-corrected chi connectivity index (χ3v) is 5.57. The van der Waals surface area contributed by atoms with E-state index in [0.717, 1.165) is 22.3 Å². The quantitative estimate of drug-likeness (QED) is 0.369. The van der Waals surface area contributed by atoms with Crippen LogP contribution in [0, 0.1) is 0 Å². The second-order valence-electron chi connectivity index (χ2n) is 6.70. The van der Waals surface area contributed by atoms with Gasteiger partial charge in [-0.2, -0.15) is 9.78 Å². The SMILES string of the molecule is CCCc1[nH]n(-c2nc3ccccc3s2)c(=O)c1/C(C)=N/NC(=O)c1cccnc1. The van der Waals surface area contributed by atoms with Crippen LogP contribution < -0.4 is 11.0 Å². The molecule has 0 unspecified atom stereocenters. The number of aromatic nitrogens is 4. The van der Waals surface area contributed by atoms with Crippen molar-refractivity contribution < 1.29 is 4.79 Å². The molecule has 0 aliphatic rings. The van der Waals surface area contributed by atoms with Crippen molar-refractivity contribution in [3.63, 3.8) is 0 Å². The largest absolute Gasteiger partial charge is 0.292 e. The summed E-state index contributed by atoms with van der Waals surface area (Å²) in [5, 5.41) is 7.91. The average molecular weight is 420 g/mol. The average Bonchev–Trinajstić information content (AvgIpc) is 3.33. The predicted octanol–water partition coefficient (Wildman–Crippen LogP) is 3.28. The Balaban J connectivity index is 1.70. The molecule has 0 saturated carbocycles. The van der Waals surface area contributed by atoms with E-state index in [1.165, 1.54) is 22.2 Å². The van der Waals surface area contributed by atoms with E-state index in [-0.39, 0.29) is 11.5 Å². The summed E-state index contributed by atoms with van der Waals surface area (Å²) >= 11 is 1.44. The third-order valence-electron chi connectivity index (χ3n) is 4.55. The van der Waals surface area contributed by atoms with E-state index in [4.69, 9.17) is 0 Å². The molecule has 0 spiro atoms. The molecule has 0 aliphatic carbocycles. The molecule has 0 bridgehead atoms. The summed E-state index contributed by atoms with van der Waals surface area (Å²) in [5.74, 6) is -0.387. The fraction of sp³-hybridized carbons (Fsp3) is 0.190. The standard InChI is InChI=1S/C21H20N6O2S/c1-3-7-16-18(13(2)24-25-19(28)14-8-6-11-22-12-14)20(29)27(26-16)21-23-15-9-4-5-10-17(15)30-21/h4-6,8-12,26H,3,7H2,1-2H3,(H,25,28)/b24-13+. The van der Waals surface area contributed by atoms with Gasteiger partial charge in [0.2, 0.25) is 5.13 Å². The third kappa shape index (κ3) is 3.79. The van der Waals surface area contributed by atoms with Gasteiger partial charge in [-0.25, -0.2) is 10.4 Å². The van der Waals surface area contributed by atoms with E-state index in [1.807, 2.05) is 31.2 Å². The Hall–Kier alpha value is -3.59. The van der Waals surface area contributed by atoms with E-state index in [2.05, 4.69) is 25.6 Å². The number of carbonyl (C=O) groups excluding carboxylic acids is 1. The molecule has 30 heavy (non-hydrogen) atoms. The number of aryl methyl sites for hydroxylation is 1. The fourth-order valence-electron chi connectivity index (χ4n) is 3.13. The van der Waals surface area contributed by atoms with Gasteiger partial charge >= 0.3 is 0 Å². The second kappa shape index (κ2) is 8.42. The van der Waals surface area contributed by atoms with Crippen LogP contribution in [0.15, 0.2) is 58.7 Å². The molecule has 4 rings (SSSR count). The van der Waals surface area contributed by atoms with Crippen molar-refractivity contribution in [2.45, 2.75) is 26.7 Å². The number of benzene rings is 1. The maximum atomic E-state index is 13.2. The van der Waals surface area contributed by atoms with Crippen LogP contribution in [0.1, 0.15) is 41.9 Å². The Morgan fingerprint density at radius 1 is 1.27 bits per heavy atom. The summed E-state index contributed by atoms with van der Waals surface area (Å²) in [4.78, 5) is 33.9. The van der Waals surface area contributed by atoms with Crippen molar-refractivity contribution >= 4 is 33.2 Å². The summed E-state index contributed by atoms with van der Waals surface area (Å²) in [6.07, 6.45) is 4.57. The van der Waals surface area contributed by atoms with Gasteiger partial charge < -0.3 is 0 Å². The minimum Gasteiger partial charge on any atom is -0.292 e. The number of fused-ring (bicyclic) bond motifs is 1. The van der Waals surface area contributed by atoms with E-state index in [1.54, 1.807) is 25.3 Å². The molecular weight excluding hydrogens is 400 g/mol. The number of nitrogens with zero attached hydrogens (tertiary/aromatic N) is 4. The zero-order valence-corrected chi connectivity index (χ0v) is 17.4.